The molecule has 4 rings (SSSR count). The Morgan fingerprint density at radius 1 is 1.17 bits per heavy atom. The number of aryl methyl sites for hydroxylation is 1. The lowest BCUT2D eigenvalue weighted by Crippen LogP contribution is -2.46. The third kappa shape index (κ3) is 3.00. The standard InChI is InChI=1S/C16H18N6O/c1-12-19-16(20-23-12)10-21-4-6-22(7-5-21)14-2-3-15-13(8-14)9-17-11-18-15/h2-3,8-9,11H,4-7,10H2,1H3. The van der Waals surface area contributed by atoms with Gasteiger partial charge in [-0.2, -0.15) is 4.98 Å². The van der Waals surface area contributed by atoms with Crippen molar-refractivity contribution >= 4 is 16.6 Å². The van der Waals surface area contributed by atoms with Crippen LogP contribution >= 0.6 is 0 Å². The Bertz CT molecular complexity index is 809. The molecule has 0 radical (unpaired) electrons. The van der Waals surface area contributed by atoms with Crippen molar-refractivity contribution in [2.45, 2.75) is 13.5 Å². The van der Waals surface area contributed by atoms with Crippen molar-refractivity contribution in [1.29, 1.82) is 0 Å². The van der Waals surface area contributed by atoms with Gasteiger partial charge < -0.3 is 9.42 Å². The molecular weight excluding hydrogens is 292 g/mol. The summed E-state index contributed by atoms with van der Waals surface area (Å²) < 4.78 is 5.03. The van der Waals surface area contributed by atoms with E-state index in [0.717, 1.165) is 49.5 Å². The molecule has 0 bridgehead atoms. The Hall–Kier alpha value is -2.54. The van der Waals surface area contributed by atoms with Gasteiger partial charge in [-0.3, -0.25) is 4.90 Å². The third-order valence-electron chi connectivity index (χ3n) is 4.16. The normalized spacial score (nSPS) is 16.1. The van der Waals surface area contributed by atoms with Gasteiger partial charge in [0.2, 0.25) is 5.89 Å². The molecule has 0 N–H and O–H groups in total. The van der Waals surface area contributed by atoms with Crippen LogP contribution in [0.5, 0.6) is 0 Å². The van der Waals surface area contributed by atoms with E-state index in [-0.39, 0.29) is 0 Å². The van der Waals surface area contributed by atoms with Crippen LogP contribution in [0.4, 0.5) is 5.69 Å². The summed E-state index contributed by atoms with van der Waals surface area (Å²) in [4.78, 5) is 17.4. The zero-order valence-electron chi connectivity index (χ0n) is 13.0. The lowest BCUT2D eigenvalue weighted by molar-refractivity contribution is 0.240. The maximum absolute atomic E-state index is 5.03. The Labute approximate surface area is 133 Å². The first-order valence-electron chi connectivity index (χ1n) is 7.74. The Morgan fingerprint density at radius 2 is 2.04 bits per heavy atom. The summed E-state index contributed by atoms with van der Waals surface area (Å²) in [6.07, 6.45) is 3.45. The van der Waals surface area contributed by atoms with Crippen LogP contribution in [-0.4, -0.2) is 51.2 Å². The van der Waals surface area contributed by atoms with Gasteiger partial charge in [0, 0.05) is 50.4 Å². The number of nitrogens with zero attached hydrogens (tertiary/aromatic N) is 6. The van der Waals surface area contributed by atoms with E-state index in [1.54, 1.807) is 6.33 Å². The highest BCUT2D eigenvalue weighted by Gasteiger charge is 2.19. The fraction of sp³-hybridized carbons (Fsp3) is 0.375. The summed E-state index contributed by atoms with van der Waals surface area (Å²) >= 11 is 0. The van der Waals surface area contributed by atoms with E-state index in [4.69, 9.17) is 4.52 Å². The summed E-state index contributed by atoms with van der Waals surface area (Å²) in [6.45, 7) is 6.49. The number of hydrogen-bond acceptors (Lipinski definition) is 7. The lowest BCUT2D eigenvalue weighted by Gasteiger charge is -2.35. The molecule has 3 heterocycles. The Balaban J connectivity index is 1.42. The molecule has 0 unspecified atom stereocenters. The van der Waals surface area contributed by atoms with Gasteiger partial charge in [-0.05, 0) is 18.2 Å². The predicted octanol–water partition coefficient (Wildman–Crippen LogP) is 1.64. The molecular formula is C16H18N6O. The van der Waals surface area contributed by atoms with E-state index in [9.17, 15) is 0 Å². The van der Waals surface area contributed by atoms with Crippen molar-refractivity contribution in [2.24, 2.45) is 0 Å². The highest BCUT2D eigenvalue weighted by Crippen LogP contribution is 2.21. The summed E-state index contributed by atoms with van der Waals surface area (Å²) in [5.41, 5.74) is 2.21. The van der Waals surface area contributed by atoms with E-state index in [0.29, 0.717) is 5.89 Å². The van der Waals surface area contributed by atoms with Crippen LogP contribution in [0.25, 0.3) is 10.9 Å². The van der Waals surface area contributed by atoms with Gasteiger partial charge in [-0.15, -0.1) is 0 Å². The van der Waals surface area contributed by atoms with Crippen LogP contribution in [0.15, 0.2) is 35.2 Å². The van der Waals surface area contributed by atoms with Crippen LogP contribution in [0.3, 0.4) is 0 Å². The van der Waals surface area contributed by atoms with Gasteiger partial charge in [-0.1, -0.05) is 5.16 Å². The summed E-state index contributed by atoms with van der Waals surface area (Å²) in [6, 6.07) is 6.35. The quantitative estimate of drug-likeness (QED) is 0.728. The monoisotopic (exact) mass is 310 g/mol. The van der Waals surface area contributed by atoms with Crippen molar-refractivity contribution < 1.29 is 4.52 Å². The minimum Gasteiger partial charge on any atom is -0.369 e. The van der Waals surface area contributed by atoms with Gasteiger partial charge in [-0.25, -0.2) is 9.97 Å². The molecule has 1 fully saturated rings. The van der Waals surface area contributed by atoms with Gasteiger partial charge >= 0.3 is 0 Å². The van der Waals surface area contributed by atoms with Crippen molar-refractivity contribution in [2.75, 3.05) is 31.1 Å². The van der Waals surface area contributed by atoms with Crippen LogP contribution < -0.4 is 4.90 Å². The van der Waals surface area contributed by atoms with Gasteiger partial charge in [0.1, 0.15) is 6.33 Å². The average molecular weight is 310 g/mol. The SMILES string of the molecule is Cc1nc(CN2CCN(c3ccc4ncncc4c3)CC2)no1. The van der Waals surface area contributed by atoms with E-state index in [1.165, 1.54) is 5.69 Å². The summed E-state index contributed by atoms with van der Waals surface area (Å²) in [5, 5.41) is 5.04. The zero-order chi connectivity index (χ0) is 15.6. The molecule has 1 aromatic carbocycles. The second kappa shape index (κ2) is 5.92. The van der Waals surface area contributed by atoms with E-state index < -0.39 is 0 Å². The Kier molecular flexibility index (Phi) is 3.63. The first-order chi connectivity index (χ1) is 11.3. The fourth-order valence-corrected chi connectivity index (χ4v) is 2.94. The highest BCUT2D eigenvalue weighted by atomic mass is 16.5. The number of fused-ring (bicyclic) bond motifs is 1. The van der Waals surface area contributed by atoms with Gasteiger partial charge in [0.25, 0.3) is 0 Å². The minimum absolute atomic E-state index is 0.622. The summed E-state index contributed by atoms with van der Waals surface area (Å²) in [7, 11) is 0. The van der Waals surface area contributed by atoms with E-state index in [1.807, 2.05) is 13.1 Å². The average Bonchev–Trinajstić information content (AvgIpc) is 3.00. The lowest BCUT2D eigenvalue weighted by atomic mass is 10.2. The van der Waals surface area contributed by atoms with Crippen LogP contribution in [-0.2, 0) is 6.54 Å². The summed E-state index contributed by atoms with van der Waals surface area (Å²) in [5.74, 6) is 1.39. The minimum atomic E-state index is 0.622. The fourth-order valence-electron chi connectivity index (χ4n) is 2.94. The van der Waals surface area contributed by atoms with Gasteiger partial charge in [0.05, 0.1) is 12.1 Å². The number of aromatic nitrogens is 4. The highest BCUT2D eigenvalue weighted by molar-refractivity contribution is 5.81. The smallest absolute Gasteiger partial charge is 0.223 e. The second-order valence-corrected chi connectivity index (χ2v) is 5.76. The van der Waals surface area contributed by atoms with Crippen LogP contribution in [0, 0.1) is 6.92 Å². The molecule has 23 heavy (non-hydrogen) atoms. The molecule has 0 aliphatic carbocycles. The molecule has 0 saturated carbocycles. The first-order valence-corrected chi connectivity index (χ1v) is 7.74. The molecule has 1 aliphatic rings. The largest absolute Gasteiger partial charge is 0.369 e. The van der Waals surface area contributed by atoms with Crippen LogP contribution in [0.2, 0.25) is 0 Å². The molecule has 0 atom stereocenters. The second-order valence-electron chi connectivity index (χ2n) is 5.76. The molecule has 3 aromatic rings. The van der Waals surface area contributed by atoms with E-state index in [2.05, 4.69) is 48.1 Å². The molecule has 0 amide bonds. The topological polar surface area (TPSA) is 71.2 Å². The molecule has 118 valence electrons. The van der Waals surface area contributed by atoms with Crippen molar-refractivity contribution in [3.8, 4) is 0 Å². The molecule has 7 heteroatoms. The number of piperazine rings is 1. The number of anilines is 1. The number of hydrogen-bond donors (Lipinski definition) is 0. The number of rotatable bonds is 3. The zero-order valence-corrected chi connectivity index (χ0v) is 13.0. The molecule has 1 aliphatic heterocycles. The maximum Gasteiger partial charge on any atom is 0.223 e. The van der Waals surface area contributed by atoms with Gasteiger partial charge in [0.15, 0.2) is 5.82 Å². The van der Waals surface area contributed by atoms with Crippen molar-refractivity contribution in [3.63, 3.8) is 0 Å². The van der Waals surface area contributed by atoms with E-state index >= 15 is 0 Å². The molecule has 2 aromatic heterocycles. The molecule has 7 nitrogen and oxygen atoms in total. The maximum atomic E-state index is 5.03. The van der Waals surface area contributed by atoms with Crippen molar-refractivity contribution in [3.05, 3.63) is 42.4 Å². The van der Waals surface area contributed by atoms with Crippen LogP contribution in [0.1, 0.15) is 11.7 Å². The number of benzene rings is 1. The third-order valence-corrected chi connectivity index (χ3v) is 4.16. The van der Waals surface area contributed by atoms with Crippen molar-refractivity contribution in [1.82, 2.24) is 25.0 Å². The predicted molar refractivity (Wildman–Crippen MR) is 86.1 cm³/mol. The molecule has 0 spiro atoms. The molecule has 1 saturated heterocycles. The first kappa shape index (κ1) is 14.1. The Morgan fingerprint density at radius 3 is 2.83 bits per heavy atom.